The molecule has 0 aliphatic rings. The number of Topliss-reactive ketones (excluding diaryl/α,β-unsaturated/α-hetero) is 1. The number of anilines is 4. The fourth-order valence-corrected chi connectivity index (χ4v) is 9.16. The molecular weight excluding hydrogens is 1100 g/mol. The van der Waals surface area contributed by atoms with Crippen LogP contribution in [0.15, 0.2) is 127 Å². The van der Waals surface area contributed by atoms with Crippen LogP contribution in [0.25, 0.3) is 0 Å². The lowest BCUT2D eigenvalue weighted by atomic mass is 9.84. The summed E-state index contributed by atoms with van der Waals surface area (Å²) < 4.78 is 108. The molecule has 0 radical (unpaired) electrons. The van der Waals surface area contributed by atoms with Gasteiger partial charge in [0.25, 0.3) is 0 Å². The molecule has 444 valence electrons. The van der Waals surface area contributed by atoms with Crippen molar-refractivity contribution in [2.75, 3.05) is 35.5 Å². The van der Waals surface area contributed by atoms with Crippen LogP contribution in [0.5, 0.6) is 11.5 Å². The highest BCUT2D eigenvalue weighted by molar-refractivity contribution is 6.01. The van der Waals surface area contributed by atoms with Crippen molar-refractivity contribution in [3.05, 3.63) is 211 Å². The summed E-state index contributed by atoms with van der Waals surface area (Å²) in [7, 11) is 3.00. The number of carbonyl (C=O) groups is 3. The maximum atomic E-state index is 16.3. The van der Waals surface area contributed by atoms with Gasteiger partial charge in [-0.3, -0.25) is 4.79 Å². The van der Waals surface area contributed by atoms with E-state index in [4.69, 9.17) is 9.47 Å². The van der Waals surface area contributed by atoms with Crippen molar-refractivity contribution in [1.29, 1.82) is 0 Å². The molecule has 0 bridgehead atoms. The molecule has 0 saturated carbocycles. The summed E-state index contributed by atoms with van der Waals surface area (Å²) in [5.74, 6) is 16.8. The van der Waals surface area contributed by atoms with E-state index < -0.39 is 74.0 Å². The number of nitrogens with one attached hydrogen (secondary N) is 4. The Hall–Kier alpha value is -9.39. The minimum atomic E-state index is -5.54. The van der Waals surface area contributed by atoms with Gasteiger partial charge in [0.2, 0.25) is 0 Å². The zero-order valence-electron chi connectivity index (χ0n) is 50.3. The van der Waals surface area contributed by atoms with E-state index in [2.05, 4.69) is 56.8 Å². The van der Waals surface area contributed by atoms with E-state index in [1.54, 1.807) is 115 Å². The van der Waals surface area contributed by atoms with Crippen molar-refractivity contribution in [2.24, 2.45) is 0 Å². The van der Waals surface area contributed by atoms with Crippen LogP contribution in [0.1, 0.15) is 146 Å². The van der Waals surface area contributed by atoms with Crippen LogP contribution in [-0.4, -0.2) is 32.1 Å². The summed E-state index contributed by atoms with van der Waals surface area (Å²) in [5, 5.41) is 10.8. The quantitative estimate of drug-likeness (QED) is 0.0804. The van der Waals surface area contributed by atoms with Gasteiger partial charge < -0.3 is 30.7 Å². The van der Waals surface area contributed by atoms with Gasteiger partial charge in [-0.1, -0.05) is 152 Å². The summed E-state index contributed by atoms with van der Waals surface area (Å²) in [6.07, 6.45) is -11.3. The van der Waals surface area contributed by atoms with Gasteiger partial charge >= 0.3 is 24.4 Å². The Bertz CT molecular complexity index is 3900. The number of methoxy groups -OCH3 is 2. The van der Waals surface area contributed by atoms with Crippen molar-refractivity contribution < 1.29 is 50.2 Å². The number of hydrogen-bond donors (Lipinski definition) is 4. The number of benzene rings is 7. The second kappa shape index (κ2) is 25.8. The third-order valence-corrected chi connectivity index (χ3v) is 14.1. The molecule has 0 heterocycles. The molecule has 9 nitrogen and oxygen atoms in total. The largest absolute Gasteiger partial charge is 0.497 e. The molecule has 4 N–H and O–H groups in total. The molecule has 15 heteroatoms. The first-order valence-electron chi connectivity index (χ1n) is 27.6. The minimum absolute atomic E-state index is 0.00866. The fraction of sp³-hybridized carbons (Fsp3) is 0.282. The van der Waals surface area contributed by atoms with E-state index in [0.717, 1.165) is 18.1 Å². The number of carbonyl (C=O) groups excluding carboxylic acids is 3. The molecule has 0 aromatic heterocycles. The molecule has 0 unspecified atom stereocenters. The van der Waals surface area contributed by atoms with Gasteiger partial charge in [0, 0.05) is 52.0 Å². The molecule has 0 aliphatic carbocycles. The average Bonchev–Trinajstić information content (AvgIpc) is 1.33. The van der Waals surface area contributed by atoms with Crippen LogP contribution < -0.4 is 30.7 Å². The summed E-state index contributed by atoms with van der Waals surface area (Å²) in [6.45, 7) is 20.0. The van der Waals surface area contributed by atoms with E-state index in [9.17, 15) is 14.4 Å². The van der Waals surface area contributed by atoms with Crippen LogP contribution in [-0.2, 0) is 46.2 Å². The van der Waals surface area contributed by atoms with E-state index in [1.165, 1.54) is 26.4 Å². The number of alkyl halides is 6. The predicted molar refractivity (Wildman–Crippen MR) is 329 cm³/mol. The Morgan fingerprint density at radius 1 is 0.430 bits per heavy atom. The van der Waals surface area contributed by atoms with Crippen LogP contribution >= 0.6 is 0 Å². The molecule has 0 fully saturated rings. The molecule has 0 aliphatic heterocycles. The van der Waals surface area contributed by atoms with E-state index in [0.29, 0.717) is 45.1 Å². The van der Waals surface area contributed by atoms with Gasteiger partial charge in [0.15, 0.2) is 0 Å². The molecule has 4 amide bonds. The predicted octanol–water partition coefficient (Wildman–Crippen LogP) is 17.1. The van der Waals surface area contributed by atoms with Crippen molar-refractivity contribution in [2.45, 2.75) is 118 Å². The van der Waals surface area contributed by atoms with Crippen molar-refractivity contribution in [3.8, 4) is 47.0 Å². The van der Waals surface area contributed by atoms with E-state index in [1.807, 2.05) is 69.2 Å². The van der Waals surface area contributed by atoms with Gasteiger partial charge in [-0.15, -0.1) is 0 Å². The molecule has 86 heavy (non-hydrogen) atoms. The zero-order valence-corrected chi connectivity index (χ0v) is 50.3. The Morgan fingerprint density at radius 2 is 0.802 bits per heavy atom. The highest BCUT2D eigenvalue weighted by Crippen LogP contribution is 2.45. The minimum Gasteiger partial charge on any atom is -0.497 e. The maximum absolute atomic E-state index is 16.3. The van der Waals surface area contributed by atoms with Crippen molar-refractivity contribution in [1.82, 2.24) is 0 Å². The number of rotatable bonds is 10. The fourth-order valence-electron chi connectivity index (χ4n) is 9.16. The lowest BCUT2D eigenvalue weighted by Crippen LogP contribution is -2.21. The van der Waals surface area contributed by atoms with E-state index in [-0.39, 0.29) is 46.7 Å². The lowest BCUT2D eigenvalue weighted by Gasteiger charge is -2.22. The number of ketones is 1. The normalized spacial score (nSPS) is 11.6. The van der Waals surface area contributed by atoms with Crippen molar-refractivity contribution >= 4 is 40.6 Å². The lowest BCUT2D eigenvalue weighted by molar-refractivity contribution is -0.143. The first kappa shape index (κ1) is 64.2. The summed E-state index contributed by atoms with van der Waals surface area (Å²) in [5.41, 5.74) is -3.97. The van der Waals surface area contributed by atoms with Gasteiger partial charge in [0.1, 0.15) is 17.3 Å². The highest BCUT2D eigenvalue weighted by atomic mass is 19.4. The summed E-state index contributed by atoms with van der Waals surface area (Å²) in [6, 6.07) is 33.5. The molecule has 0 atom stereocenters. The third kappa shape index (κ3) is 16.5. The number of halogens is 6. The van der Waals surface area contributed by atoms with Gasteiger partial charge in [-0.25, -0.2) is 9.59 Å². The Labute approximate surface area is 499 Å². The molecule has 0 spiro atoms. The smallest absolute Gasteiger partial charge is 0.418 e. The SMILES string of the molecule is COc1ccc(CC(=O)Cc2ccc(C(C)(C)C)cc2C#Cc2c(C)c(C#Cc3cc(C(C)(C)C)ccc3NC(=O)Nc3ccc(C)cc3)c(C(F)(F)F)c(C#Cc3cc(C(C)(C)C)ccc3NC(=O)Nc3ccc(OC)cc3)c2C(F)(F)F)cc1. The summed E-state index contributed by atoms with van der Waals surface area (Å²) >= 11 is 0. The monoisotopic (exact) mass is 1170 g/mol. The second-order valence-corrected chi connectivity index (χ2v) is 23.9. The average molecular weight is 1170 g/mol. The van der Waals surface area contributed by atoms with Gasteiger partial charge in [-0.05, 0) is 142 Å². The van der Waals surface area contributed by atoms with Gasteiger partial charge in [-0.2, -0.15) is 26.3 Å². The van der Waals surface area contributed by atoms with E-state index >= 15 is 26.3 Å². The number of amides is 4. The summed E-state index contributed by atoms with van der Waals surface area (Å²) in [4.78, 5) is 40.9. The Kier molecular flexibility index (Phi) is 19.3. The number of aryl methyl sites for hydroxylation is 1. The molecular formula is C71H68F6N4O5. The Morgan fingerprint density at radius 3 is 1.21 bits per heavy atom. The number of ether oxygens (including phenoxy) is 2. The highest BCUT2D eigenvalue weighted by Gasteiger charge is 2.45. The first-order chi connectivity index (χ1) is 40.2. The third-order valence-electron chi connectivity index (χ3n) is 14.1. The maximum Gasteiger partial charge on any atom is 0.418 e. The Balaban J connectivity index is 1.51. The molecule has 0 saturated heterocycles. The zero-order chi connectivity index (χ0) is 63.1. The van der Waals surface area contributed by atoms with Gasteiger partial charge in [0.05, 0.1) is 42.3 Å². The number of urea groups is 2. The van der Waals surface area contributed by atoms with Crippen LogP contribution in [0.4, 0.5) is 58.7 Å². The topological polar surface area (TPSA) is 118 Å². The molecule has 7 aromatic carbocycles. The van der Waals surface area contributed by atoms with Crippen molar-refractivity contribution in [3.63, 3.8) is 0 Å². The second-order valence-electron chi connectivity index (χ2n) is 23.9. The number of hydrogen-bond acceptors (Lipinski definition) is 5. The molecule has 7 rings (SSSR count). The van der Waals surface area contributed by atoms with Crippen LogP contribution in [0.3, 0.4) is 0 Å². The molecule has 7 aromatic rings. The van der Waals surface area contributed by atoms with Crippen LogP contribution in [0.2, 0.25) is 0 Å². The first-order valence-corrected chi connectivity index (χ1v) is 27.6. The van der Waals surface area contributed by atoms with Crippen LogP contribution in [0, 0.1) is 49.4 Å². The standard InChI is InChI=1S/C71H68F6N4O5/c1-43-14-25-53(26-15-43)78-65(83)80-61-36-23-51(68(6,7)8)40-48(61)20-34-59-44(2)58(33-19-46-39-50(67(3,4)5)22-18-47(46)42-55(82)38-45-16-29-56(85-12)30-17-45)63(70(72,73)74)60(64(59)71(75,76)77)35-21-49-41-52(69(9,10)11)24-37-62(49)81-66(84)79-54-27-31-57(86-13)32-28-54/h14-18,22-32,36-37,39-41H,38,42H2,1-13H3,(H2,78,80,83)(H2,79,81,84).